The molecule has 2 aromatic heterocycles. The molecule has 0 aliphatic carbocycles. The van der Waals surface area contributed by atoms with E-state index in [2.05, 4.69) is 10.3 Å². The second kappa shape index (κ2) is 7.39. The fourth-order valence-corrected chi connectivity index (χ4v) is 3.95. The van der Waals surface area contributed by atoms with Crippen molar-refractivity contribution in [2.45, 2.75) is 25.5 Å². The fourth-order valence-electron chi connectivity index (χ4n) is 2.55. The van der Waals surface area contributed by atoms with E-state index >= 15 is 0 Å². The molecule has 0 bridgehead atoms. The quantitative estimate of drug-likeness (QED) is 0.886. The first-order chi connectivity index (χ1) is 11.1. The second-order valence-corrected chi connectivity index (χ2v) is 7.25. The Bertz CT molecular complexity index is 644. The normalized spacial score (nSPS) is 19.6. The molecule has 0 aromatic carbocycles. The maximum atomic E-state index is 12.5. The number of amides is 2. The van der Waals surface area contributed by atoms with Crippen LogP contribution in [0.3, 0.4) is 0 Å². The van der Waals surface area contributed by atoms with Crippen molar-refractivity contribution in [3.05, 3.63) is 33.5 Å². The largest absolute Gasteiger partial charge is 0.387 e. The van der Waals surface area contributed by atoms with Crippen LogP contribution in [-0.4, -0.2) is 46.8 Å². The summed E-state index contributed by atoms with van der Waals surface area (Å²) in [5, 5.41) is 17.6. The van der Waals surface area contributed by atoms with Gasteiger partial charge in [-0.25, -0.2) is 9.78 Å². The Hall–Kier alpha value is -1.48. The third-order valence-electron chi connectivity index (χ3n) is 3.69. The molecule has 0 spiro atoms. The lowest BCUT2D eigenvalue weighted by Gasteiger charge is -2.36. The zero-order valence-electron chi connectivity index (χ0n) is 12.8. The van der Waals surface area contributed by atoms with Crippen LogP contribution in [-0.2, 0) is 4.74 Å². The Kier molecular flexibility index (Phi) is 5.27. The number of carbonyl (C=O) groups is 1. The van der Waals surface area contributed by atoms with E-state index in [0.29, 0.717) is 31.3 Å². The summed E-state index contributed by atoms with van der Waals surface area (Å²) >= 11 is 2.92. The number of nitrogens with one attached hydrogen (secondary N) is 1. The number of anilines is 1. The molecule has 3 rings (SSSR count). The maximum Gasteiger partial charge on any atom is 0.324 e. The van der Waals surface area contributed by atoms with Gasteiger partial charge in [0.25, 0.3) is 0 Å². The molecule has 6 nitrogen and oxygen atoms in total. The molecular weight excluding hydrogens is 334 g/mol. The molecule has 2 amide bonds. The van der Waals surface area contributed by atoms with E-state index in [9.17, 15) is 9.90 Å². The van der Waals surface area contributed by atoms with E-state index in [1.807, 2.05) is 29.8 Å². The van der Waals surface area contributed by atoms with Gasteiger partial charge in [-0.05, 0) is 18.4 Å². The van der Waals surface area contributed by atoms with Crippen LogP contribution in [0, 0.1) is 6.92 Å². The van der Waals surface area contributed by atoms with Crippen molar-refractivity contribution < 1.29 is 14.6 Å². The van der Waals surface area contributed by atoms with E-state index in [1.54, 1.807) is 4.90 Å². The lowest BCUT2D eigenvalue weighted by Crippen LogP contribution is -2.50. The molecule has 8 heteroatoms. The Labute approximate surface area is 142 Å². The van der Waals surface area contributed by atoms with Crippen molar-refractivity contribution in [2.75, 3.05) is 25.1 Å². The average Bonchev–Trinajstić information content (AvgIpc) is 3.19. The van der Waals surface area contributed by atoms with Gasteiger partial charge < -0.3 is 14.7 Å². The van der Waals surface area contributed by atoms with Crippen molar-refractivity contribution in [3.8, 4) is 0 Å². The van der Waals surface area contributed by atoms with Gasteiger partial charge in [0.2, 0.25) is 0 Å². The summed E-state index contributed by atoms with van der Waals surface area (Å²) in [7, 11) is 0. The number of aromatic nitrogens is 1. The fraction of sp³-hybridized carbons (Fsp3) is 0.467. The van der Waals surface area contributed by atoms with Crippen LogP contribution in [0.2, 0.25) is 0 Å². The highest BCUT2D eigenvalue weighted by atomic mass is 32.1. The van der Waals surface area contributed by atoms with Gasteiger partial charge in [0.1, 0.15) is 0 Å². The Morgan fingerprint density at radius 1 is 1.61 bits per heavy atom. The molecule has 1 fully saturated rings. The standard InChI is InChI=1S/C15H19N3O3S2/c1-10-9-23-14(16-10)17-15(20)18-4-5-21-8-11(18)7-12(19)13-3-2-6-22-13/h2-3,6,9,11-12,19H,4-5,7-8H2,1H3,(H,16,17,20)/t11-,12-/m1/s1. The predicted octanol–water partition coefficient (Wildman–Crippen LogP) is 2.87. The van der Waals surface area contributed by atoms with Gasteiger partial charge in [0.05, 0.1) is 31.1 Å². The van der Waals surface area contributed by atoms with Crippen LogP contribution in [0.5, 0.6) is 0 Å². The van der Waals surface area contributed by atoms with Crippen molar-refractivity contribution in [2.24, 2.45) is 0 Å². The van der Waals surface area contributed by atoms with E-state index < -0.39 is 6.10 Å². The van der Waals surface area contributed by atoms with Crippen LogP contribution < -0.4 is 5.32 Å². The van der Waals surface area contributed by atoms with E-state index in [0.717, 1.165) is 10.6 Å². The van der Waals surface area contributed by atoms with Gasteiger partial charge in [0, 0.05) is 23.2 Å². The number of thiophene rings is 1. The van der Waals surface area contributed by atoms with Gasteiger partial charge >= 0.3 is 6.03 Å². The molecule has 1 aliphatic rings. The zero-order chi connectivity index (χ0) is 16.2. The van der Waals surface area contributed by atoms with Crippen LogP contribution in [0.25, 0.3) is 0 Å². The summed E-state index contributed by atoms with van der Waals surface area (Å²) in [5.41, 5.74) is 0.886. The van der Waals surface area contributed by atoms with Gasteiger partial charge in [-0.1, -0.05) is 6.07 Å². The van der Waals surface area contributed by atoms with Crippen LogP contribution in [0.1, 0.15) is 23.1 Å². The molecule has 124 valence electrons. The molecule has 2 atom stereocenters. The molecule has 1 aliphatic heterocycles. The second-order valence-electron chi connectivity index (χ2n) is 5.41. The molecule has 0 saturated carbocycles. The Morgan fingerprint density at radius 3 is 3.17 bits per heavy atom. The summed E-state index contributed by atoms with van der Waals surface area (Å²) in [6.07, 6.45) is -0.121. The van der Waals surface area contributed by atoms with Crippen LogP contribution in [0.15, 0.2) is 22.9 Å². The molecule has 2 aromatic rings. The van der Waals surface area contributed by atoms with Crippen molar-refractivity contribution >= 4 is 33.8 Å². The molecular formula is C15H19N3O3S2. The van der Waals surface area contributed by atoms with Gasteiger partial charge in [0.15, 0.2) is 5.13 Å². The highest BCUT2D eigenvalue weighted by molar-refractivity contribution is 7.13. The minimum absolute atomic E-state index is 0.151. The first kappa shape index (κ1) is 16.4. The number of aryl methyl sites for hydroxylation is 1. The summed E-state index contributed by atoms with van der Waals surface area (Å²) < 4.78 is 5.49. The number of ether oxygens (including phenoxy) is 1. The van der Waals surface area contributed by atoms with Gasteiger partial charge in [-0.15, -0.1) is 22.7 Å². The Balaban J connectivity index is 1.64. The SMILES string of the molecule is Cc1csc(NC(=O)N2CCOC[C@H]2C[C@@H](O)c2cccs2)n1. The third kappa shape index (κ3) is 4.08. The smallest absolute Gasteiger partial charge is 0.324 e. The zero-order valence-corrected chi connectivity index (χ0v) is 14.4. The molecule has 23 heavy (non-hydrogen) atoms. The number of aliphatic hydroxyl groups excluding tert-OH is 1. The van der Waals surface area contributed by atoms with Crippen LogP contribution in [0.4, 0.5) is 9.93 Å². The van der Waals surface area contributed by atoms with Gasteiger partial charge in [-0.2, -0.15) is 0 Å². The number of hydrogen-bond donors (Lipinski definition) is 2. The molecule has 0 unspecified atom stereocenters. The topological polar surface area (TPSA) is 74.7 Å². The molecule has 1 saturated heterocycles. The molecule has 0 radical (unpaired) electrons. The highest BCUT2D eigenvalue weighted by Crippen LogP contribution is 2.26. The molecule has 3 heterocycles. The van der Waals surface area contributed by atoms with Crippen molar-refractivity contribution in [1.29, 1.82) is 0 Å². The minimum atomic E-state index is -0.584. The summed E-state index contributed by atoms with van der Waals surface area (Å²) in [5.74, 6) is 0. The van der Waals surface area contributed by atoms with E-state index in [4.69, 9.17) is 4.74 Å². The lowest BCUT2D eigenvalue weighted by atomic mass is 10.1. The van der Waals surface area contributed by atoms with Crippen LogP contribution >= 0.6 is 22.7 Å². The summed E-state index contributed by atoms with van der Waals surface area (Å²) in [6, 6.07) is 3.48. The number of urea groups is 1. The maximum absolute atomic E-state index is 12.5. The minimum Gasteiger partial charge on any atom is -0.387 e. The molecule has 2 N–H and O–H groups in total. The van der Waals surface area contributed by atoms with E-state index in [-0.39, 0.29) is 12.1 Å². The number of carbonyl (C=O) groups excluding carboxylic acids is 1. The van der Waals surface area contributed by atoms with E-state index in [1.165, 1.54) is 22.7 Å². The number of rotatable bonds is 4. The Morgan fingerprint density at radius 2 is 2.48 bits per heavy atom. The number of nitrogens with zero attached hydrogens (tertiary/aromatic N) is 2. The summed E-state index contributed by atoms with van der Waals surface area (Å²) in [6.45, 7) is 3.35. The predicted molar refractivity (Wildman–Crippen MR) is 91.1 cm³/mol. The average molecular weight is 353 g/mol. The first-order valence-electron chi connectivity index (χ1n) is 7.42. The number of thiazole rings is 1. The number of morpholine rings is 1. The van der Waals surface area contributed by atoms with Crippen molar-refractivity contribution in [3.63, 3.8) is 0 Å². The third-order valence-corrected chi connectivity index (χ3v) is 5.54. The lowest BCUT2D eigenvalue weighted by molar-refractivity contribution is -0.00382. The first-order valence-corrected chi connectivity index (χ1v) is 9.18. The summed E-state index contributed by atoms with van der Waals surface area (Å²) in [4.78, 5) is 19.4. The monoisotopic (exact) mass is 353 g/mol. The van der Waals surface area contributed by atoms with Gasteiger partial charge in [-0.3, -0.25) is 5.32 Å². The number of hydrogen-bond acceptors (Lipinski definition) is 6. The van der Waals surface area contributed by atoms with Crippen molar-refractivity contribution in [1.82, 2.24) is 9.88 Å². The highest BCUT2D eigenvalue weighted by Gasteiger charge is 2.30. The number of aliphatic hydroxyl groups is 1.